The van der Waals surface area contributed by atoms with E-state index in [0.29, 0.717) is 0 Å². The molecule has 1 rings (SSSR count). The van der Waals surface area contributed by atoms with Gasteiger partial charge in [0.1, 0.15) is 0 Å². The second-order valence-corrected chi connectivity index (χ2v) is 6.02. The lowest BCUT2D eigenvalue weighted by Crippen LogP contribution is -2.54. The van der Waals surface area contributed by atoms with Crippen LogP contribution in [0.2, 0.25) is 0 Å². The SMILES string of the molecule is CC1CC(C)CC(CO)(NCCN(C)C)C1. The van der Waals surface area contributed by atoms with Crippen molar-refractivity contribution in [3.63, 3.8) is 0 Å². The van der Waals surface area contributed by atoms with Crippen molar-refractivity contribution >= 4 is 0 Å². The van der Waals surface area contributed by atoms with Gasteiger partial charge in [-0.3, -0.25) is 0 Å². The lowest BCUT2D eigenvalue weighted by molar-refractivity contribution is 0.0746. The van der Waals surface area contributed by atoms with Gasteiger partial charge in [-0.2, -0.15) is 0 Å². The molecule has 0 aromatic heterocycles. The van der Waals surface area contributed by atoms with Gasteiger partial charge in [-0.15, -0.1) is 0 Å². The molecule has 0 radical (unpaired) electrons. The van der Waals surface area contributed by atoms with E-state index < -0.39 is 0 Å². The number of nitrogens with zero attached hydrogens (tertiary/aromatic N) is 1. The molecule has 0 bridgehead atoms. The first-order valence-corrected chi connectivity index (χ1v) is 6.48. The van der Waals surface area contributed by atoms with Gasteiger partial charge in [0.25, 0.3) is 0 Å². The first-order chi connectivity index (χ1) is 7.47. The first kappa shape index (κ1) is 13.9. The Morgan fingerprint density at radius 3 is 2.25 bits per heavy atom. The van der Waals surface area contributed by atoms with Crippen molar-refractivity contribution in [3.05, 3.63) is 0 Å². The minimum atomic E-state index is -0.0207. The summed E-state index contributed by atoms with van der Waals surface area (Å²) in [4.78, 5) is 2.17. The molecule has 3 nitrogen and oxygen atoms in total. The zero-order chi connectivity index (χ0) is 12.2. The van der Waals surface area contributed by atoms with Crippen LogP contribution in [0.25, 0.3) is 0 Å². The molecule has 0 amide bonds. The molecule has 1 aliphatic rings. The summed E-state index contributed by atoms with van der Waals surface area (Å²) in [6, 6.07) is 0. The lowest BCUT2D eigenvalue weighted by atomic mass is 9.72. The van der Waals surface area contributed by atoms with Crippen molar-refractivity contribution in [1.29, 1.82) is 0 Å². The number of hydrogen-bond donors (Lipinski definition) is 2. The zero-order valence-corrected chi connectivity index (χ0v) is 11.3. The van der Waals surface area contributed by atoms with Crippen LogP contribution in [0.4, 0.5) is 0 Å². The van der Waals surface area contributed by atoms with Crippen molar-refractivity contribution in [2.45, 2.75) is 38.6 Å². The molecule has 0 aromatic rings. The molecule has 2 unspecified atom stereocenters. The second kappa shape index (κ2) is 5.99. The molecule has 0 heterocycles. The van der Waals surface area contributed by atoms with Crippen molar-refractivity contribution in [2.75, 3.05) is 33.8 Å². The third kappa shape index (κ3) is 4.04. The summed E-state index contributed by atoms with van der Waals surface area (Å²) in [5.41, 5.74) is -0.0207. The zero-order valence-electron chi connectivity index (χ0n) is 11.3. The number of aliphatic hydroxyl groups is 1. The van der Waals surface area contributed by atoms with Gasteiger partial charge in [0.05, 0.1) is 6.61 Å². The average molecular weight is 228 g/mol. The maximum atomic E-state index is 9.67. The van der Waals surface area contributed by atoms with Crippen molar-refractivity contribution in [1.82, 2.24) is 10.2 Å². The molecular weight excluding hydrogens is 200 g/mol. The lowest BCUT2D eigenvalue weighted by Gasteiger charge is -2.42. The van der Waals surface area contributed by atoms with Gasteiger partial charge in [0.2, 0.25) is 0 Å². The third-order valence-corrected chi connectivity index (χ3v) is 3.64. The van der Waals surface area contributed by atoms with Crippen LogP contribution in [-0.2, 0) is 0 Å². The van der Waals surface area contributed by atoms with Gasteiger partial charge in [-0.1, -0.05) is 13.8 Å². The number of aliphatic hydroxyl groups excluding tert-OH is 1. The van der Waals surface area contributed by atoms with E-state index in [0.717, 1.165) is 37.8 Å². The van der Waals surface area contributed by atoms with Gasteiger partial charge in [0.15, 0.2) is 0 Å². The van der Waals surface area contributed by atoms with E-state index in [9.17, 15) is 5.11 Å². The topological polar surface area (TPSA) is 35.5 Å². The molecule has 0 aromatic carbocycles. The Kier molecular flexibility index (Phi) is 5.22. The Bertz CT molecular complexity index is 196. The van der Waals surface area contributed by atoms with Crippen molar-refractivity contribution < 1.29 is 5.11 Å². The summed E-state index contributed by atoms with van der Waals surface area (Å²) in [5, 5.41) is 13.3. The quantitative estimate of drug-likeness (QED) is 0.745. The fourth-order valence-electron chi connectivity index (χ4n) is 3.14. The first-order valence-electron chi connectivity index (χ1n) is 6.48. The van der Waals surface area contributed by atoms with Gasteiger partial charge in [-0.05, 0) is 45.2 Å². The molecule has 96 valence electrons. The minimum absolute atomic E-state index is 0.0207. The fourth-order valence-corrected chi connectivity index (χ4v) is 3.14. The molecule has 1 aliphatic carbocycles. The van der Waals surface area contributed by atoms with E-state index in [-0.39, 0.29) is 12.1 Å². The molecule has 2 atom stereocenters. The highest BCUT2D eigenvalue weighted by Gasteiger charge is 2.36. The van der Waals surface area contributed by atoms with Gasteiger partial charge < -0.3 is 15.3 Å². The standard InChI is InChI=1S/C13H28N2O/c1-11-7-12(2)9-13(8-11,10-16)14-5-6-15(3)4/h11-12,14,16H,5-10H2,1-4H3. The highest BCUT2D eigenvalue weighted by molar-refractivity contribution is 4.94. The second-order valence-electron chi connectivity index (χ2n) is 6.02. The molecule has 16 heavy (non-hydrogen) atoms. The van der Waals surface area contributed by atoms with Crippen LogP contribution in [-0.4, -0.2) is 49.3 Å². The normalized spacial score (nSPS) is 35.6. The smallest absolute Gasteiger partial charge is 0.0613 e. The predicted molar refractivity (Wildman–Crippen MR) is 68.6 cm³/mol. The van der Waals surface area contributed by atoms with E-state index in [2.05, 4.69) is 38.2 Å². The Balaban J connectivity index is 2.48. The molecule has 3 heteroatoms. The number of rotatable bonds is 5. The van der Waals surface area contributed by atoms with Crippen LogP contribution in [0.5, 0.6) is 0 Å². The molecule has 1 saturated carbocycles. The number of likely N-dealkylation sites (N-methyl/N-ethyl adjacent to an activating group) is 1. The van der Waals surface area contributed by atoms with Gasteiger partial charge in [0, 0.05) is 18.6 Å². The van der Waals surface area contributed by atoms with Crippen LogP contribution >= 0.6 is 0 Å². The van der Waals surface area contributed by atoms with E-state index in [4.69, 9.17) is 0 Å². The van der Waals surface area contributed by atoms with E-state index in [1.54, 1.807) is 0 Å². The average Bonchev–Trinajstić information content (AvgIpc) is 2.15. The van der Waals surface area contributed by atoms with Gasteiger partial charge in [-0.25, -0.2) is 0 Å². The van der Waals surface area contributed by atoms with Gasteiger partial charge >= 0.3 is 0 Å². The van der Waals surface area contributed by atoms with Crippen LogP contribution in [0.1, 0.15) is 33.1 Å². The highest BCUT2D eigenvalue weighted by atomic mass is 16.3. The summed E-state index contributed by atoms with van der Waals surface area (Å²) in [6.45, 7) is 6.87. The van der Waals surface area contributed by atoms with E-state index in [1.807, 2.05) is 0 Å². The predicted octanol–water partition coefficient (Wildman–Crippen LogP) is 1.32. The van der Waals surface area contributed by atoms with Crippen LogP contribution in [0.3, 0.4) is 0 Å². The van der Waals surface area contributed by atoms with Crippen molar-refractivity contribution in [2.24, 2.45) is 11.8 Å². The van der Waals surface area contributed by atoms with E-state index in [1.165, 1.54) is 6.42 Å². The minimum Gasteiger partial charge on any atom is -0.394 e. The molecular formula is C13H28N2O. The Morgan fingerprint density at radius 1 is 1.25 bits per heavy atom. The molecule has 0 saturated heterocycles. The maximum Gasteiger partial charge on any atom is 0.0613 e. The summed E-state index contributed by atoms with van der Waals surface area (Å²) in [5.74, 6) is 1.45. The van der Waals surface area contributed by atoms with Crippen molar-refractivity contribution in [3.8, 4) is 0 Å². The Morgan fingerprint density at radius 2 is 1.81 bits per heavy atom. The fraction of sp³-hybridized carbons (Fsp3) is 1.00. The van der Waals surface area contributed by atoms with Crippen LogP contribution < -0.4 is 5.32 Å². The van der Waals surface area contributed by atoms with E-state index >= 15 is 0 Å². The maximum absolute atomic E-state index is 9.67. The molecule has 1 fully saturated rings. The Hall–Kier alpha value is -0.120. The number of nitrogens with one attached hydrogen (secondary N) is 1. The van der Waals surface area contributed by atoms with Crippen LogP contribution in [0, 0.1) is 11.8 Å². The van der Waals surface area contributed by atoms with Crippen LogP contribution in [0.15, 0.2) is 0 Å². The summed E-state index contributed by atoms with van der Waals surface area (Å²) < 4.78 is 0. The highest BCUT2D eigenvalue weighted by Crippen LogP contribution is 2.35. The molecule has 0 spiro atoms. The molecule has 2 N–H and O–H groups in total. The summed E-state index contributed by atoms with van der Waals surface area (Å²) in [7, 11) is 4.17. The third-order valence-electron chi connectivity index (χ3n) is 3.64. The largest absolute Gasteiger partial charge is 0.394 e. The number of hydrogen-bond acceptors (Lipinski definition) is 3. The Labute approximate surface area is 100 Å². The monoisotopic (exact) mass is 228 g/mol. The summed E-state index contributed by atoms with van der Waals surface area (Å²) >= 11 is 0. The summed E-state index contributed by atoms with van der Waals surface area (Å²) in [6.07, 6.45) is 3.53. The molecule has 0 aliphatic heterocycles.